The molecule has 0 radical (unpaired) electrons. The molecule has 16 heavy (non-hydrogen) atoms. The summed E-state index contributed by atoms with van der Waals surface area (Å²) in [6.07, 6.45) is 3.46. The standard InChI is InChI=1S/C12H13BrN2O/c13-9-3-1-4-10(7-9)15-8-12(5-2-6-12)14-11(15)16/h1,3-4,7H,2,5-6,8H2,(H,14,16). The molecule has 1 N–H and O–H groups in total. The van der Waals surface area contributed by atoms with Crippen LogP contribution >= 0.6 is 15.9 Å². The van der Waals surface area contributed by atoms with Gasteiger partial charge in [-0.2, -0.15) is 0 Å². The van der Waals surface area contributed by atoms with Gasteiger partial charge in [0, 0.05) is 10.2 Å². The fraction of sp³-hybridized carbons (Fsp3) is 0.417. The maximum atomic E-state index is 11.9. The van der Waals surface area contributed by atoms with Gasteiger partial charge >= 0.3 is 6.03 Å². The molecule has 2 fully saturated rings. The van der Waals surface area contributed by atoms with Gasteiger partial charge in [0.25, 0.3) is 0 Å². The Balaban J connectivity index is 1.88. The maximum absolute atomic E-state index is 11.9. The molecule has 0 unspecified atom stereocenters. The van der Waals surface area contributed by atoms with Crippen LogP contribution in [0.2, 0.25) is 0 Å². The van der Waals surface area contributed by atoms with E-state index < -0.39 is 0 Å². The lowest BCUT2D eigenvalue weighted by atomic mass is 9.77. The first-order valence-electron chi connectivity index (χ1n) is 5.54. The number of anilines is 1. The predicted molar refractivity (Wildman–Crippen MR) is 66.6 cm³/mol. The highest BCUT2D eigenvalue weighted by molar-refractivity contribution is 9.10. The summed E-state index contributed by atoms with van der Waals surface area (Å²) in [4.78, 5) is 13.7. The molecule has 0 aromatic heterocycles. The minimum atomic E-state index is 0.0396. The van der Waals surface area contributed by atoms with Crippen molar-refractivity contribution < 1.29 is 4.79 Å². The average Bonchev–Trinajstić information content (AvgIpc) is 2.56. The molecular weight excluding hydrogens is 268 g/mol. The normalized spacial score (nSPS) is 22.1. The van der Waals surface area contributed by atoms with Gasteiger partial charge in [-0.3, -0.25) is 4.90 Å². The number of hydrogen-bond acceptors (Lipinski definition) is 1. The van der Waals surface area contributed by atoms with Crippen LogP contribution in [0.15, 0.2) is 28.7 Å². The van der Waals surface area contributed by atoms with Crippen LogP contribution in [0, 0.1) is 0 Å². The van der Waals surface area contributed by atoms with Crippen molar-refractivity contribution in [2.75, 3.05) is 11.4 Å². The van der Waals surface area contributed by atoms with Crippen LogP contribution in [-0.4, -0.2) is 18.1 Å². The Labute approximate surface area is 103 Å². The number of benzene rings is 1. The van der Waals surface area contributed by atoms with E-state index in [9.17, 15) is 4.79 Å². The minimum Gasteiger partial charge on any atom is -0.330 e. The third kappa shape index (κ3) is 1.52. The van der Waals surface area contributed by atoms with Crippen molar-refractivity contribution in [1.82, 2.24) is 5.32 Å². The third-order valence-electron chi connectivity index (χ3n) is 3.51. The van der Waals surface area contributed by atoms with Crippen molar-refractivity contribution in [3.8, 4) is 0 Å². The number of urea groups is 1. The Morgan fingerprint density at radius 3 is 2.75 bits per heavy atom. The smallest absolute Gasteiger partial charge is 0.322 e. The minimum absolute atomic E-state index is 0.0396. The molecule has 1 aliphatic carbocycles. The molecule has 0 bridgehead atoms. The lowest BCUT2D eigenvalue weighted by molar-refractivity contribution is 0.218. The van der Waals surface area contributed by atoms with Gasteiger partial charge in [-0.1, -0.05) is 22.0 Å². The fourth-order valence-electron chi connectivity index (χ4n) is 2.45. The summed E-state index contributed by atoms with van der Waals surface area (Å²) in [5.41, 5.74) is 1.04. The van der Waals surface area contributed by atoms with Crippen LogP contribution in [0.25, 0.3) is 0 Å². The quantitative estimate of drug-likeness (QED) is 0.843. The summed E-state index contributed by atoms with van der Waals surface area (Å²) in [5.74, 6) is 0. The van der Waals surface area contributed by atoms with Gasteiger partial charge in [-0.25, -0.2) is 4.79 Å². The van der Waals surface area contributed by atoms with Crippen LogP contribution in [0.5, 0.6) is 0 Å². The first kappa shape index (κ1) is 10.1. The molecule has 1 spiro atoms. The van der Waals surface area contributed by atoms with Crippen LogP contribution in [0.1, 0.15) is 19.3 Å². The summed E-state index contributed by atoms with van der Waals surface area (Å²) in [5, 5.41) is 3.11. The number of nitrogens with zero attached hydrogens (tertiary/aromatic N) is 1. The van der Waals surface area contributed by atoms with Crippen molar-refractivity contribution in [3.05, 3.63) is 28.7 Å². The van der Waals surface area contributed by atoms with Gasteiger partial charge in [0.15, 0.2) is 0 Å². The zero-order chi connectivity index (χ0) is 11.2. The summed E-state index contributed by atoms with van der Waals surface area (Å²) >= 11 is 3.43. The van der Waals surface area contributed by atoms with Crippen molar-refractivity contribution >= 4 is 27.6 Å². The molecular formula is C12H13BrN2O. The number of rotatable bonds is 1. The number of carbonyl (C=O) groups is 1. The highest BCUT2D eigenvalue weighted by Crippen LogP contribution is 2.37. The van der Waals surface area contributed by atoms with E-state index in [0.717, 1.165) is 29.5 Å². The number of carbonyl (C=O) groups excluding carboxylic acids is 1. The summed E-state index contributed by atoms with van der Waals surface area (Å²) in [6.45, 7) is 0.808. The molecule has 1 aromatic rings. The second-order valence-corrected chi connectivity index (χ2v) is 5.55. The Kier molecular flexibility index (Phi) is 2.21. The molecule has 1 aliphatic heterocycles. The monoisotopic (exact) mass is 280 g/mol. The Morgan fingerprint density at radius 2 is 2.19 bits per heavy atom. The molecule has 2 aliphatic rings. The highest BCUT2D eigenvalue weighted by atomic mass is 79.9. The number of nitrogens with one attached hydrogen (secondary N) is 1. The van der Waals surface area contributed by atoms with Gasteiger partial charge < -0.3 is 5.32 Å². The maximum Gasteiger partial charge on any atom is 0.322 e. The van der Waals surface area contributed by atoms with E-state index in [1.807, 2.05) is 29.2 Å². The van der Waals surface area contributed by atoms with E-state index in [1.54, 1.807) is 0 Å². The third-order valence-corrected chi connectivity index (χ3v) is 4.00. The molecule has 1 saturated heterocycles. The van der Waals surface area contributed by atoms with Gasteiger partial charge in [0.2, 0.25) is 0 Å². The summed E-state index contributed by atoms with van der Waals surface area (Å²) < 4.78 is 1.01. The van der Waals surface area contributed by atoms with Crippen LogP contribution in [-0.2, 0) is 0 Å². The molecule has 4 heteroatoms. The van der Waals surface area contributed by atoms with E-state index >= 15 is 0 Å². The molecule has 1 saturated carbocycles. The van der Waals surface area contributed by atoms with Gasteiger partial charge in [-0.15, -0.1) is 0 Å². The molecule has 84 valence electrons. The second kappa shape index (κ2) is 3.48. The van der Waals surface area contributed by atoms with E-state index in [1.165, 1.54) is 6.42 Å². The lowest BCUT2D eigenvalue weighted by Gasteiger charge is -2.37. The van der Waals surface area contributed by atoms with E-state index in [-0.39, 0.29) is 11.6 Å². The van der Waals surface area contributed by atoms with Crippen molar-refractivity contribution in [1.29, 1.82) is 0 Å². The first-order chi connectivity index (χ1) is 7.69. The van der Waals surface area contributed by atoms with Gasteiger partial charge in [-0.05, 0) is 37.5 Å². The van der Waals surface area contributed by atoms with E-state index in [0.29, 0.717) is 0 Å². The van der Waals surface area contributed by atoms with Crippen LogP contribution < -0.4 is 10.2 Å². The van der Waals surface area contributed by atoms with Crippen molar-refractivity contribution in [2.24, 2.45) is 0 Å². The molecule has 1 aromatic carbocycles. The topological polar surface area (TPSA) is 32.3 Å². The molecule has 0 atom stereocenters. The molecule has 2 amide bonds. The number of hydrogen-bond donors (Lipinski definition) is 1. The average molecular weight is 281 g/mol. The largest absolute Gasteiger partial charge is 0.330 e. The highest BCUT2D eigenvalue weighted by Gasteiger charge is 2.46. The predicted octanol–water partition coefficient (Wildman–Crippen LogP) is 2.90. The zero-order valence-electron chi connectivity index (χ0n) is 8.87. The van der Waals surface area contributed by atoms with Crippen LogP contribution in [0.3, 0.4) is 0 Å². The SMILES string of the molecule is O=C1NC2(CCC2)CN1c1cccc(Br)c1. The Hall–Kier alpha value is -1.03. The summed E-state index contributed by atoms with van der Waals surface area (Å²) in [6, 6.07) is 7.92. The van der Waals surface area contributed by atoms with Gasteiger partial charge in [0.1, 0.15) is 0 Å². The Bertz CT molecular complexity index is 442. The lowest BCUT2D eigenvalue weighted by Crippen LogP contribution is -2.49. The number of halogens is 1. The zero-order valence-corrected chi connectivity index (χ0v) is 10.5. The van der Waals surface area contributed by atoms with E-state index in [4.69, 9.17) is 0 Å². The number of amides is 2. The fourth-order valence-corrected chi connectivity index (χ4v) is 2.83. The van der Waals surface area contributed by atoms with Crippen molar-refractivity contribution in [3.63, 3.8) is 0 Å². The summed E-state index contributed by atoms with van der Waals surface area (Å²) in [7, 11) is 0. The second-order valence-electron chi connectivity index (χ2n) is 4.63. The van der Waals surface area contributed by atoms with E-state index in [2.05, 4.69) is 21.2 Å². The van der Waals surface area contributed by atoms with Gasteiger partial charge in [0.05, 0.1) is 12.1 Å². The Morgan fingerprint density at radius 1 is 1.38 bits per heavy atom. The molecule has 3 nitrogen and oxygen atoms in total. The first-order valence-corrected chi connectivity index (χ1v) is 6.33. The van der Waals surface area contributed by atoms with Crippen LogP contribution in [0.4, 0.5) is 10.5 Å². The molecule has 3 rings (SSSR count). The van der Waals surface area contributed by atoms with Crippen molar-refractivity contribution in [2.45, 2.75) is 24.8 Å². The molecule has 1 heterocycles.